The fourth-order valence-corrected chi connectivity index (χ4v) is 2.60. The van der Waals surface area contributed by atoms with Crippen molar-refractivity contribution >= 4 is 29.2 Å². The van der Waals surface area contributed by atoms with E-state index in [1.165, 1.54) is 30.5 Å². The zero-order valence-corrected chi connectivity index (χ0v) is 14.2. The second-order valence-corrected chi connectivity index (χ2v) is 6.10. The number of carbonyl (C=O) groups excluding carboxylic acids is 1. The van der Waals surface area contributed by atoms with Gasteiger partial charge in [-0.25, -0.2) is 18.8 Å². The van der Waals surface area contributed by atoms with Gasteiger partial charge in [-0.05, 0) is 42.3 Å². The minimum Gasteiger partial charge on any atom is -0.461 e. The molecule has 0 radical (unpaired) electrons. The van der Waals surface area contributed by atoms with Crippen LogP contribution in [-0.2, 0) is 4.74 Å². The summed E-state index contributed by atoms with van der Waals surface area (Å²) >= 11 is 5.74. The van der Waals surface area contributed by atoms with E-state index in [2.05, 4.69) is 15.3 Å². The van der Waals surface area contributed by atoms with Gasteiger partial charge in [0.15, 0.2) is 6.80 Å². The third-order valence-corrected chi connectivity index (χ3v) is 4.06. The summed E-state index contributed by atoms with van der Waals surface area (Å²) in [6.07, 6.45) is 1.51. The van der Waals surface area contributed by atoms with Crippen molar-refractivity contribution in [3.63, 3.8) is 0 Å². The van der Waals surface area contributed by atoms with Crippen LogP contribution in [-0.4, -0.2) is 29.8 Å². The predicted molar refractivity (Wildman–Crippen MR) is 93.4 cm³/mol. The number of amides is 1. The largest absolute Gasteiger partial charge is 0.461 e. The van der Waals surface area contributed by atoms with Crippen molar-refractivity contribution in [1.29, 1.82) is 0 Å². The van der Waals surface area contributed by atoms with Crippen molar-refractivity contribution in [2.75, 3.05) is 12.1 Å². The van der Waals surface area contributed by atoms with Gasteiger partial charge in [-0.3, -0.25) is 4.79 Å². The Morgan fingerprint density at radius 1 is 1.42 bits per heavy atom. The van der Waals surface area contributed by atoms with Crippen molar-refractivity contribution in [3.05, 3.63) is 58.6 Å². The highest BCUT2D eigenvalue weighted by molar-refractivity contribution is 6.30. The van der Waals surface area contributed by atoms with Crippen molar-refractivity contribution in [1.82, 2.24) is 4.98 Å². The summed E-state index contributed by atoms with van der Waals surface area (Å²) in [6, 6.07) is 7.01. The van der Waals surface area contributed by atoms with Crippen LogP contribution >= 0.6 is 11.6 Å². The first-order valence-corrected chi connectivity index (χ1v) is 8.10. The molecule has 136 valence electrons. The van der Waals surface area contributed by atoms with E-state index in [0.717, 1.165) is 0 Å². The van der Waals surface area contributed by atoms with E-state index in [0.29, 0.717) is 22.7 Å². The van der Waals surface area contributed by atoms with Crippen LogP contribution in [0.5, 0.6) is 0 Å². The number of rotatable bonds is 5. The number of pyridine rings is 1. The molecule has 1 saturated carbocycles. The number of carbonyl (C=O) groups is 1. The van der Waals surface area contributed by atoms with Crippen molar-refractivity contribution in [2.45, 2.75) is 18.4 Å². The number of anilines is 1. The average molecular weight is 381 g/mol. The van der Waals surface area contributed by atoms with Crippen molar-refractivity contribution < 1.29 is 18.3 Å². The summed E-state index contributed by atoms with van der Waals surface area (Å²) < 4.78 is 31.4. The van der Waals surface area contributed by atoms with Gasteiger partial charge in [-0.2, -0.15) is 0 Å². The van der Waals surface area contributed by atoms with E-state index in [1.807, 2.05) is 0 Å². The van der Waals surface area contributed by atoms with Crippen LogP contribution in [0.25, 0.3) is 0 Å². The van der Waals surface area contributed by atoms with Gasteiger partial charge in [0, 0.05) is 17.8 Å². The van der Waals surface area contributed by atoms with E-state index < -0.39 is 18.5 Å². The first-order valence-electron chi connectivity index (χ1n) is 7.73. The third-order valence-electron chi connectivity index (χ3n) is 3.83. The number of hydrogen-bond acceptors (Lipinski definition) is 4. The second-order valence-electron chi connectivity index (χ2n) is 5.67. The molecule has 1 fully saturated rings. The number of amidine groups is 1. The molecule has 0 aliphatic heterocycles. The molecule has 1 heterocycles. The fourth-order valence-electron chi connectivity index (χ4n) is 2.49. The highest BCUT2D eigenvalue weighted by Crippen LogP contribution is 2.45. The maximum absolute atomic E-state index is 14.1. The lowest BCUT2D eigenvalue weighted by molar-refractivity contribution is 0.102. The summed E-state index contributed by atoms with van der Waals surface area (Å²) in [4.78, 5) is 19.4. The van der Waals surface area contributed by atoms with Gasteiger partial charge in [0.2, 0.25) is 0 Å². The zero-order valence-electron chi connectivity index (χ0n) is 13.5. The molecule has 6 nitrogen and oxygen atoms in total. The van der Waals surface area contributed by atoms with Gasteiger partial charge in [0.05, 0.1) is 5.02 Å². The summed E-state index contributed by atoms with van der Waals surface area (Å²) in [7, 11) is 0. The standard InChI is InChI=1S/C17H15ClF2N4O2/c18-9-1-4-14(22-7-9)16(25)24-10-2-3-13(20)11(5-10)12-6-15(12)26-17(21)23-8-19/h1-5,7,12,15H,6,8H2,(H2,21,23)(H,24,25)/t12-,15-/m1/s1. The Hall–Kier alpha value is -2.74. The molecular formula is C17H15ClF2N4O2. The summed E-state index contributed by atoms with van der Waals surface area (Å²) in [5.74, 6) is -1.11. The van der Waals surface area contributed by atoms with Crippen LogP contribution in [0.3, 0.4) is 0 Å². The Labute approximate surface area is 153 Å². The summed E-state index contributed by atoms with van der Waals surface area (Å²) in [6.45, 7) is -0.974. The van der Waals surface area contributed by atoms with Gasteiger partial charge < -0.3 is 15.8 Å². The monoisotopic (exact) mass is 380 g/mol. The number of halogens is 3. The quantitative estimate of drug-likeness (QED) is 0.473. The third kappa shape index (κ3) is 4.26. The van der Waals surface area contributed by atoms with Crippen LogP contribution < -0.4 is 11.1 Å². The molecule has 2 atom stereocenters. The van der Waals surface area contributed by atoms with E-state index >= 15 is 0 Å². The lowest BCUT2D eigenvalue weighted by Gasteiger charge is -2.09. The molecule has 9 heteroatoms. The predicted octanol–water partition coefficient (Wildman–Crippen LogP) is 3.24. The highest BCUT2D eigenvalue weighted by Gasteiger charge is 2.43. The number of nitrogens with two attached hydrogens (primary N) is 1. The number of aliphatic imine (C=N–C) groups is 1. The average Bonchev–Trinajstić information content (AvgIpc) is 3.36. The molecule has 26 heavy (non-hydrogen) atoms. The van der Waals surface area contributed by atoms with E-state index in [9.17, 15) is 13.6 Å². The minimum atomic E-state index is -0.974. The lowest BCUT2D eigenvalue weighted by atomic mass is 10.1. The zero-order chi connectivity index (χ0) is 18.7. The van der Waals surface area contributed by atoms with Gasteiger partial charge in [-0.15, -0.1) is 0 Å². The normalized spacial score (nSPS) is 19.1. The number of ether oxygens (including phenoxy) is 1. The van der Waals surface area contributed by atoms with Crippen molar-refractivity contribution in [3.8, 4) is 0 Å². The van der Waals surface area contributed by atoms with Crippen molar-refractivity contribution in [2.24, 2.45) is 10.7 Å². The maximum atomic E-state index is 14.1. The Bertz CT molecular complexity index is 845. The second kappa shape index (κ2) is 7.65. The number of benzene rings is 1. The highest BCUT2D eigenvalue weighted by atomic mass is 35.5. The molecule has 1 aromatic carbocycles. The molecule has 3 rings (SSSR count). The van der Waals surface area contributed by atoms with Gasteiger partial charge >= 0.3 is 0 Å². The lowest BCUT2D eigenvalue weighted by Crippen LogP contribution is -2.18. The van der Waals surface area contributed by atoms with E-state index in [4.69, 9.17) is 22.1 Å². The number of aromatic nitrogens is 1. The Morgan fingerprint density at radius 3 is 2.92 bits per heavy atom. The molecule has 0 bridgehead atoms. The van der Waals surface area contributed by atoms with Gasteiger partial charge in [0.1, 0.15) is 17.6 Å². The first kappa shape index (κ1) is 18.1. The van der Waals surface area contributed by atoms with Crippen LogP contribution in [0.15, 0.2) is 41.5 Å². The van der Waals surface area contributed by atoms with Crippen LogP contribution in [0.2, 0.25) is 5.02 Å². The number of alkyl halides is 1. The molecule has 2 aromatic rings. The van der Waals surface area contributed by atoms with Crippen LogP contribution in [0, 0.1) is 5.82 Å². The molecular weight excluding hydrogens is 366 g/mol. The number of hydrogen-bond donors (Lipinski definition) is 2. The molecule has 0 unspecified atom stereocenters. The molecule has 1 aromatic heterocycles. The summed E-state index contributed by atoms with van der Waals surface area (Å²) in [5.41, 5.74) is 6.37. The Balaban J connectivity index is 1.69. The molecule has 1 amide bonds. The smallest absolute Gasteiger partial charge is 0.284 e. The summed E-state index contributed by atoms with van der Waals surface area (Å²) in [5, 5.41) is 3.07. The Kier molecular flexibility index (Phi) is 5.32. The molecule has 0 spiro atoms. The first-order chi connectivity index (χ1) is 12.5. The topological polar surface area (TPSA) is 89.6 Å². The van der Waals surface area contributed by atoms with Gasteiger partial charge in [-0.1, -0.05) is 11.6 Å². The SMILES string of the molecule is N/C(=N/CF)O[C@@H]1C[C@@H]1c1cc(NC(=O)c2ccc(Cl)cn2)ccc1F. The number of nitrogens with one attached hydrogen (secondary N) is 1. The van der Waals surface area contributed by atoms with Crippen LogP contribution in [0.4, 0.5) is 14.5 Å². The molecule has 0 saturated heterocycles. The maximum Gasteiger partial charge on any atom is 0.284 e. The van der Waals surface area contributed by atoms with E-state index in [-0.39, 0.29) is 23.7 Å². The van der Waals surface area contributed by atoms with E-state index in [1.54, 1.807) is 6.07 Å². The molecule has 3 N–H and O–H groups in total. The van der Waals surface area contributed by atoms with Gasteiger partial charge in [0.25, 0.3) is 11.9 Å². The molecule has 1 aliphatic rings. The Morgan fingerprint density at radius 2 is 2.23 bits per heavy atom. The number of nitrogens with zero attached hydrogens (tertiary/aromatic N) is 2. The van der Waals surface area contributed by atoms with Crippen LogP contribution in [0.1, 0.15) is 28.4 Å². The molecule has 1 aliphatic carbocycles. The minimum absolute atomic E-state index is 0.183. The fraction of sp³-hybridized carbons (Fsp3) is 0.235.